The van der Waals surface area contributed by atoms with Gasteiger partial charge in [0.25, 0.3) is 5.91 Å². The number of furan rings is 1. The Kier molecular flexibility index (Phi) is 3.54. The maximum Gasteiger partial charge on any atom is 0.289 e. The predicted molar refractivity (Wildman–Crippen MR) is 73.4 cm³/mol. The number of amides is 1. The van der Waals surface area contributed by atoms with Crippen molar-refractivity contribution in [2.45, 2.75) is 37.8 Å². The lowest BCUT2D eigenvalue weighted by Gasteiger charge is -2.32. The zero-order valence-corrected chi connectivity index (χ0v) is 11.9. The van der Waals surface area contributed by atoms with E-state index in [2.05, 4.69) is 11.9 Å². The molecule has 0 radical (unpaired) electrons. The molecule has 0 aliphatic carbocycles. The van der Waals surface area contributed by atoms with E-state index in [4.69, 9.17) is 16.0 Å². The molecule has 5 heteroatoms. The summed E-state index contributed by atoms with van der Waals surface area (Å²) in [5.41, 5.74) is 0. The van der Waals surface area contributed by atoms with E-state index in [1.165, 1.54) is 12.8 Å². The quantitative estimate of drug-likeness (QED) is 0.837. The van der Waals surface area contributed by atoms with Crippen LogP contribution in [0.2, 0.25) is 5.22 Å². The van der Waals surface area contributed by atoms with Gasteiger partial charge in [0.05, 0.1) is 0 Å². The molecule has 2 fully saturated rings. The van der Waals surface area contributed by atoms with Crippen molar-refractivity contribution >= 4 is 17.5 Å². The van der Waals surface area contributed by atoms with Gasteiger partial charge in [0.2, 0.25) is 0 Å². The second-order valence-corrected chi connectivity index (χ2v) is 5.87. The second kappa shape index (κ2) is 5.17. The number of likely N-dealkylation sites (tertiary alicyclic amines) is 2. The third kappa shape index (κ3) is 2.39. The maximum atomic E-state index is 12.5. The van der Waals surface area contributed by atoms with E-state index in [0.717, 1.165) is 25.9 Å². The van der Waals surface area contributed by atoms with Crippen molar-refractivity contribution in [3.8, 4) is 0 Å². The topological polar surface area (TPSA) is 36.7 Å². The van der Waals surface area contributed by atoms with E-state index in [1.54, 1.807) is 12.1 Å². The first-order valence-electron chi connectivity index (χ1n) is 6.93. The first-order valence-corrected chi connectivity index (χ1v) is 7.31. The van der Waals surface area contributed by atoms with Crippen LogP contribution in [0.1, 0.15) is 36.2 Å². The number of nitrogens with zero attached hydrogens (tertiary/aromatic N) is 2. The fraction of sp³-hybridized carbons (Fsp3) is 0.643. The molecule has 1 aromatic rings. The molecule has 0 N–H and O–H groups in total. The molecule has 2 saturated heterocycles. The normalized spacial score (nSPS) is 28.2. The van der Waals surface area contributed by atoms with Crippen molar-refractivity contribution in [3.05, 3.63) is 23.1 Å². The van der Waals surface area contributed by atoms with Crippen molar-refractivity contribution in [1.82, 2.24) is 9.80 Å². The van der Waals surface area contributed by atoms with Gasteiger partial charge in [0, 0.05) is 18.6 Å². The van der Waals surface area contributed by atoms with Crippen LogP contribution in [-0.4, -0.2) is 47.9 Å². The number of carbonyl (C=O) groups excluding carboxylic acids is 1. The minimum Gasteiger partial charge on any atom is -0.440 e. The minimum absolute atomic E-state index is 0.0188. The SMILES string of the molecule is CN1CCC[C@@H]1[C@H]1CCCN1C(=O)c1ccc(Cl)o1. The Bertz CT molecular complexity index is 474. The highest BCUT2D eigenvalue weighted by atomic mass is 35.5. The summed E-state index contributed by atoms with van der Waals surface area (Å²) in [6.07, 6.45) is 4.58. The van der Waals surface area contributed by atoms with Crippen molar-refractivity contribution in [2.75, 3.05) is 20.1 Å². The van der Waals surface area contributed by atoms with Crippen molar-refractivity contribution in [3.63, 3.8) is 0 Å². The Balaban J connectivity index is 1.77. The van der Waals surface area contributed by atoms with Gasteiger partial charge in [-0.2, -0.15) is 0 Å². The zero-order valence-electron chi connectivity index (χ0n) is 11.1. The summed E-state index contributed by atoms with van der Waals surface area (Å²) in [4.78, 5) is 16.8. The zero-order chi connectivity index (χ0) is 13.4. The van der Waals surface area contributed by atoms with Gasteiger partial charge in [-0.25, -0.2) is 0 Å². The summed E-state index contributed by atoms with van der Waals surface area (Å²) in [6, 6.07) is 4.11. The van der Waals surface area contributed by atoms with Gasteiger partial charge in [0.1, 0.15) is 0 Å². The summed E-state index contributed by atoms with van der Waals surface area (Å²) >= 11 is 5.75. The second-order valence-electron chi connectivity index (χ2n) is 5.50. The fourth-order valence-corrected chi connectivity index (χ4v) is 3.58. The average Bonchev–Trinajstić information content (AvgIpc) is 3.07. The number of carbonyl (C=O) groups is 1. The molecular weight excluding hydrogens is 264 g/mol. The molecule has 3 rings (SSSR count). The standard InChI is InChI=1S/C14H19ClN2O2/c1-16-8-2-4-10(16)11-5-3-9-17(11)14(18)12-6-7-13(15)19-12/h6-7,10-11H,2-5,8-9H2,1H3/t10-,11-/m1/s1. The van der Waals surface area contributed by atoms with Crippen LogP contribution in [0.25, 0.3) is 0 Å². The Morgan fingerprint density at radius 2 is 2.00 bits per heavy atom. The average molecular weight is 283 g/mol. The molecule has 19 heavy (non-hydrogen) atoms. The molecule has 4 nitrogen and oxygen atoms in total. The van der Waals surface area contributed by atoms with E-state index >= 15 is 0 Å². The molecule has 0 unspecified atom stereocenters. The van der Waals surface area contributed by atoms with Crippen molar-refractivity contribution < 1.29 is 9.21 Å². The minimum atomic E-state index is -0.0188. The Morgan fingerprint density at radius 1 is 1.26 bits per heavy atom. The van der Waals surface area contributed by atoms with E-state index in [1.807, 2.05) is 4.90 Å². The fourth-order valence-electron chi connectivity index (χ4n) is 3.44. The van der Waals surface area contributed by atoms with E-state index in [-0.39, 0.29) is 11.1 Å². The smallest absolute Gasteiger partial charge is 0.289 e. The lowest BCUT2D eigenvalue weighted by Crippen LogP contribution is -2.47. The number of hydrogen-bond donors (Lipinski definition) is 0. The number of rotatable bonds is 2. The highest BCUT2D eigenvalue weighted by Gasteiger charge is 2.39. The molecular formula is C14H19ClN2O2. The summed E-state index contributed by atoms with van der Waals surface area (Å²) in [5.74, 6) is 0.340. The monoisotopic (exact) mass is 282 g/mol. The van der Waals surface area contributed by atoms with Crippen LogP contribution in [0.15, 0.2) is 16.5 Å². The van der Waals surface area contributed by atoms with Gasteiger partial charge in [-0.05, 0) is 63.0 Å². The molecule has 2 aliphatic heterocycles. The van der Waals surface area contributed by atoms with Gasteiger partial charge in [0.15, 0.2) is 11.0 Å². The highest BCUT2D eigenvalue weighted by molar-refractivity contribution is 6.29. The lowest BCUT2D eigenvalue weighted by atomic mass is 10.0. The van der Waals surface area contributed by atoms with Gasteiger partial charge < -0.3 is 14.2 Å². The third-order valence-electron chi connectivity index (χ3n) is 4.37. The van der Waals surface area contributed by atoms with Gasteiger partial charge >= 0.3 is 0 Å². The number of halogens is 1. The molecule has 1 amide bonds. The van der Waals surface area contributed by atoms with Crippen LogP contribution in [0.4, 0.5) is 0 Å². The maximum absolute atomic E-state index is 12.5. The highest BCUT2D eigenvalue weighted by Crippen LogP contribution is 2.30. The van der Waals surface area contributed by atoms with Crippen LogP contribution in [0.5, 0.6) is 0 Å². The van der Waals surface area contributed by atoms with E-state index in [9.17, 15) is 4.79 Å². The number of likely N-dealkylation sites (N-methyl/N-ethyl adjacent to an activating group) is 1. The van der Waals surface area contributed by atoms with Gasteiger partial charge in [-0.1, -0.05) is 0 Å². The molecule has 2 atom stereocenters. The number of hydrogen-bond acceptors (Lipinski definition) is 3. The van der Waals surface area contributed by atoms with Crippen LogP contribution < -0.4 is 0 Å². The van der Waals surface area contributed by atoms with E-state index in [0.29, 0.717) is 17.8 Å². The van der Waals surface area contributed by atoms with Gasteiger partial charge in [-0.15, -0.1) is 0 Å². The third-order valence-corrected chi connectivity index (χ3v) is 4.57. The molecule has 3 heterocycles. The van der Waals surface area contributed by atoms with Crippen LogP contribution in [0, 0.1) is 0 Å². The first kappa shape index (κ1) is 13.0. The van der Waals surface area contributed by atoms with E-state index < -0.39 is 0 Å². The lowest BCUT2D eigenvalue weighted by molar-refractivity contribution is 0.0633. The molecule has 0 saturated carbocycles. The summed E-state index contributed by atoms with van der Waals surface area (Å²) in [7, 11) is 2.16. The molecule has 0 aromatic carbocycles. The van der Waals surface area contributed by atoms with Crippen LogP contribution in [-0.2, 0) is 0 Å². The largest absolute Gasteiger partial charge is 0.440 e. The van der Waals surface area contributed by atoms with Gasteiger partial charge in [-0.3, -0.25) is 4.79 Å². The molecule has 0 bridgehead atoms. The summed E-state index contributed by atoms with van der Waals surface area (Å²) in [5, 5.41) is 0.275. The Hall–Kier alpha value is -1.00. The van der Waals surface area contributed by atoms with Crippen molar-refractivity contribution in [1.29, 1.82) is 0 Å². The molecule has 2 aliphatic rings. The van der Waals surface area contributed by atoms with Crippen LogP contribution in [0.3, 0.4) is 0 Å². The van der Waals surface area contributed by atoms with Crippen LogP contribution >= 0.6 is 11.6 Å². The first-order chi connectivity index (χ1) is 9.16. The molecule has 104 valence electrons. The Morgan fingerprint density at radius 3 is 2.63 bits per heavy atom. The molecule has 0 spiro atoms. The summed E-state index contributed by atoms with van der Waals surface area (Å²) in [6.45, 7) is 1.96. The summed E-state index contributed by atoms with van der Waals surface area (Å²) < 4.78 is 5.26. The predicted octanol–water partition coefficient (Wildman–Crippen LogP) is 2.63. The Labute approximate surface area is 118 Å². The molecule has 1 aromatic heterocycles. The van der Waals surface area contributed by atoms with Crippen molar-refractivity contribution in [2.24, 2.45) is 0 Å².